The number of pyridine rings is 1. The molecule has 3 heterocycles. The molecule has 3 heteroatoms. The number of para-hydroxylation sites is 2. The lowest BCUT2D eigenvalue weighted by molar-refractivity contribution is 0.669. The van der Waals surface area contributed by atoms with Crippen LogP contribution in [0, 0.1) is 0 Å². The number of benzene rings is 6. The van der Waals surface area contributed by atoms with Gasteiger partial charge in [-0.2, -0.15) is 0 Å². The summed E-state index contributed by atoms with van der Waals surface area (Å²) in [6.07, 6.45) is 2.04. The first kappa shape index (κ1) is 20.3. The summed E-state index contributed by atoms with van der Waals surface area (Å²) >= 11 is 1.88. The van der Waals surface area contributed by atoms with Crippen molar-refractivity contribution >= 4 is 85.9 Å². The van der Waals surface area contributed by atoms with E-state index in [1.807, 2.05) is 29.7 Å². The molecule has 0 aliphatic carbocycles. The van der Waals surface area contributed by atoms with Crippen molar-refractivity contribution in [3.8, 4) is 11.1 Å². The highest BCUT2D eigenvalue weighted by molar-refractivity contribution is 7.26. The number of hydrogen-bond acceptors (Lipinski definition) is 3. The second-order valence-corrected chi connectivity index (χ2v) is 11.0. The minimum atomic E-state index is 0.910. The third kappa shape index (κ3) is 2.69. The summed E-state index contributed by atoms with van der Waals surface area (Å²) in [6.45, 7) is 0. The second-order valence-electron chi connectivity index (χ2n) is 9.94. The molecule has 3 aromatic heterocycles. The zero-order chi connectivity index (χ0) is 24.8. The second kappa shape index (κ2) is 7.41. The first-order valence-corrected chi connectivity index (χ1v) is 13.6. The highest BCUT2D eigenvalue weighted by atomic mass is 32.1. The molecule has 0 amide bonds. The Balaban J connectivity index is 1.50. The van der Waals surface area contributed by atoms with Gasteiger partial charge in [-0.05, 0) is 52.7 Å². The highest BCUT2D eigenvalue weighted by Gasteiger charge is 2.18. The van der Waals surface area contributed by atoms with Crippen LogP contribution in [0.1, 0.15) is 0 Å². The van der Waals surface area contributed by atoms with Gasteiger partial charge in [-0.25, -0.2) is 0 Å². The molecule has 6 aromatic carbocycles. The predicted molar refractivity (Wildman–Crippen MR) is 162 cm³/mol. The van der Waals surface area contributed by atoms with Gasteiger partial charge in [0, 0.05) is 58.9 Å². The number of rotatable bonds is 1. The van der Waals surface area contributed by atoms with Gasteiger partial charge in [0.1, 0.15) is 11.2 Å². The van der Waals surface area contributed by atoms with E-state index in [4.69, 9.17) is 9.40 Å². The molecule has 0 bridgehead atoms. The number of aromatic nitrogens is 1. The summed E-state index contributed by atoms with van der Waals surface area (Å²) in [5.41, 5.74) is 5.35. The summed E-state index contributed by atoms with van der Waals surface area (Å²) in [6, 6.07) is 39.1. The largest absolute Gasteiger partial charge is 0.456 e. The average molecular weight is 502 g/mol. The summed E-state index contributed by atoms with van der Waals surface area (Å²) in [4.78, 5) is 4.89. The van der Waals surface area contributed by atoms with E-state index in [0.717, 1.165) is 38.2 Å². The lowest BCUT2D eigenvalue weighted by atomic mass is 9.90. The van der Waals surface area contributed by atoms with E-state index in [9.17, 15) is 0 Å². The van der Waals surface area contributed by atoms with Gasteiger partial charge in [-0.15, -0.1) is 11.3 Å². The lowest BCUT2D eigenvalue weighted by Crippen LogP contribution is -1.89. The Morgan fingerprint density at radius 3 is 2.26 bits per heavy atom. The summed E-state index contributed by atoms with van der Waals surface area (Å²) in [5, 5.41) is 10.8. The van der Waals surface area contributed by atoms with Crippen LogP contribution >= 0.6 is 11.3 Å². The van der Waals surface area contributed by atoms with E-state index in [-0.39, 0.29) is 0 Å². The van der Waals surface area contributed by atoms with Crippen LogP contribution in [0.15, 0.2) is 120 Å². The van der Waals surface area contributed by atoms with E-state index >= 15 is 0 Å². The quantitative estimate of drug-likeness (QED) is 0.209. The minimum absolute atomic E-state index is 0.910. The minimum Gasteiger partial charge on any atom is -0.456 e. The predicted octanol–water partition coefficient (Wildman–Crippen LogP) is 10.5. The molecule has 0 spiro atoms. The number of furan rings is 1. The fourth-order valence-electron chi connectivity index (χ4n) is 6.18. The van der Waals surface area contributed by atoms with E-state index in [2.05, 4.69) is 97.1 Å². The topological polar surface area (TPSA) is 26.0 Å². The third-order valence-electron chi connectivity index (χ3n) is 7.88. The van der Waals surface area contributed by atoms with Crippen molar-refractivity contribution in [2.45, 2.75) is 0 Å². The third-order valence-corrected chi connectivity index (χ3v) is 9.10. The van der Waals surface area contributed by atoms with Gasteiger partial charge in [-0.3, -0.25) is 4.98 Å². The molecule has 9 rings (SSSR count). The van der Waals surface area contributed by atoms with Crippen molar-refractivity contribution in [2.24, 2.45) is 0 Å². The number of nitrogens with zero attached hydrogens (tertiary/aromatic N) is 1. The molecular formula is C35H19NOS. The Morgan fingerprint density at radius 2 is 1.32 bits per heavy atom. The molecule has 0 fully saturated rings. The molecule has 0 saturated heterocycles. The smallest absolute Gasteiger partial charge is 0.136 e. The monoisotopic (exact) mass is 501 g/mol. The fraction of sp³-hybridized carbons (Fsp3) is 0. The first-order chi connectivity index (χ1) is 18.8. The zero-order valence-corrected chi connectivity index (χ0v) is 21.0. The van der Waals surface area contributed by atoms with Crippen molar-refractivity contribution in [3.63, 3.8) is 0 Å². The molecular weight excluding hydrogens is 482 g/mol. The Hall–Kier alpha value is -4.73. The van der Waals surface area contributed by atoms with Crippen LogP contribution < -0.4 is 0 Å². The van der Waals surface area contributed by atoms with Crippen LogP contribution in [0.5, 0.6) is 0 Å². The summed E-state index contributed by atoms with van der Waals surface area (Å²) in [5.74, 6) is 0. The van der Waals surface area contributed by atoms with Crippen molar-refractivity contribution in [1.82, 2.24) is 4.98 Å². The van der Waals surface area contributed by atoms with Crippen LogP contribution in [-0.2, 0) is 0 Å². The van der Waals surface area contributed by atoms with Crippen LogP contribution in [-0.4, -0.2) is 4.98 Å². The van der Waals surface area contributed by atoms with Crippen LogP contribution in [0.3, 0.4) is 0 Å². The fourth-order valence-corrected chi connectivity index (χ4v) is 7.41. The molecule has 9 aromatic rings. The SMILES string of the molecule is c1ccc2c(c1)ncc1c3cc4oc5ccccc5c4cc3cc(-c3cccc4c3sc3ccccc34)c21. The van der Waals surface area contributed by atoms with E-state index in [0.29, 0.717) is 0 Å². The van der Waals surface area contributed by atoms with E-state index in [1.54, 1.807) is 0 Å². The Labute approximate surface area is 221 Å². The van der Waals surface area contributed by atoms with Gasteiger partial charge < -0.3 is 4.42 Å². The molecule has 0 saturated carbocycles. The normalized spacial score (nSPS) is 12.2. The average Bonchev–Trinajstić information content (AvgIpc) is 3.53. The number of fused-ring (bicyclic) bond motifs is 11. The summed E-state index contributed by atoms with van der Waals surface area (Å²) < 4.78 is 8.93. The maximum absolute atomic E-state index is 6.28. The molecule has 176 valence electrons. The Kier molecular flexibility index (Phi) is 3.96. The molecule has 0 radical (unpaired) electrons. The molecule has 2 nitrogen and oxygen atoms in total. The van der Waals surface area contributed by atoms with Crippen molar-refractivity contribution < 1.29 is 4.42 Å². The molecule has 0 unspecified atom stereocenters. The molecule has 38 heavy (non-hydrogen) atoms. The van der Waals surface area contributed by atoms with Gasteiger partial charge in [0.05, 0.1) is 5.52 Å². The van der Waals surface area contributed by atoms with Crippen LogP contribution in [0.25, 0.3) is 85.7 Å². The molecule has 0 atom stereocenters. The molecule has 0 aliphatic heterocycles. The number of hydrogen-bond donors (Lipinski definition) is 0. The first-order valence-electron chi connectivity index (χ1n) is 12.8. The van der Waals surface area contributed by atoms with E-state index in [1.165, 1.54) is 47.5 Å². The Morgan fingerprint density at radius 1 is 0.526 bits per heavy atom. The Bertz CT molecular complexity index is 2410. The summed E-state index contributed by atoms with van der Waals surface area (Å²) in [7, 11) is 0. The standard InChI is InChI=1S/C35H19NOS/c1-4-13-30-25(10-1)34-28(24-12-7-11-23-22-9-3-6-15-33(22)38-35(23)24)17-20-16-27-21-8-2-5-14-31(21)37-32(27)18-26(20)29(34)19-36-30/h1-19H. The van der Waals surface area contributed by atoms with Crippen molar-refractivity contribution in [3.05, 3.63) is 115 Å². The van der Waals surface area contributed by atoms with Gasteiger partial charge >= 0.3 is 0 Å². The van der Waals surface area contributed by atoms with Gasteiger partial charge in [-0.1, -0.05) is 72.8 Å². The molecule has 0 N–H and O–H groups in total. The van der Waals surface area contributed by atoms with Crippen LogP contribution in [0.4, 0.5) is 0 Å². The maximum Gasteiger partial charge on any atom is 0.136 e. The maximum atomic E-state index is 6.28. The zero-order valence-electron chi connectivity index (χ0n) is 20.2. The molecule has 0 aliphatic rings. The van der Waals surface area contributed by atoms with Gasteiger partial charge in [0.2, 0.25) is 0 Å². The highest BCUT2D eigenvalue weighted by Crippen LogP contribution is 2.45. The van der Waals surface area contributed by atoms with Crippen LogP contribution in [0.2, 0.25) is 0 Å². The number of thiophene rings is 1. The van der Waals surface area contributed by atoms with Gasteiger partial charge in [0.15, 0.2) is 0 Å². The van der Waals surface area contributed by atoms with E-state index < -0.39 is 0 Å². The van der Waals surface area contributed by atoms with Crippen molar-refractivity contribution in [2.75, 3.05) is 0 Å². The van der Waals surface area contributed by atoms with Gasteiger partial charge in [0.25, 0.3) is 0 Å². The lowest BCUT2D eigenvalue weighted by Gasteiger charge is -2.14. The van der Waals surface area contributed by atoms with Crippen molar-refractivity contribution in [1.29, 1.82) is 0 Å².